The summed E-state index contributed by atoms with van der Waals surface area (Å²) >= 11 is 0. The van der Waals surface area contributed by atoms with Gasteiger partial charge in [0.25, 0.3) is 0 Å². The fourth-order valence-corrected chi connectivity index (χ4v) is 0.990. The number of imidazole rings is 1. The second-order valence-electron chi connectivity index (χ2n) is 3.41. The van der Waals surface area contributed by atoms with E-state index in [9.17, 15) is 4.79 Å². The van der Waals surface area contributed by atoms with Gasteiger partial charge in [-0.1, -0.05) is 13.8 Å². The van der Waals surface area contributed by atoms with E-state index in [1.165, 1.54) is 0 Å². The highest BCUT2D eigenvalue weighted by atomic mass is 16.4. The van der Waals surface area contributed by atoms with Crippen LogP contribution in [0.2, 0.25) is 0 Å². The molecule has 0 saturated heterocycles. The molecule has 4 heteroatoms. The number of hydrogen-bond acceptors (Lipinski definition) is 2. The zero-order chi connectivity index (χ0) is 10.0. The Kier molecular flexibility index (Phi) is 2.70. The van der Waals surface area contributed by atoms with Gasteiger partial charge in [-0.3, -0.25) is 0 Å². The van der Waals surface area contributed by atoms with Crippen molar-refractivity contribution in [2.45, 2.75) is 32.7 Å². The Hall–Kier alpha value is -1.32. The van der Waals surface area contributed by atoms with Crippen LogP contribution in [0.25, 0.3) is 0 Å². The molecule has 1 rings (SSSR count). The zero-order valence-corrected chi connectivity index (χ0v) is 8.06. The molecule has 0 aliphatic heterocycles. The highest BCUT2D eigenvalue weighted by molar-refractivity contribution is 5.71. The summed E-state index contributed by atoms with van der Waals surface area (Å²) in [6, 6.07) is -0.542. The molecular formula is C9H14N2O2. The minimum atomic E-state index is -0.840. The van der Waals surface area contributed by atoms with Crippen molar-refractivity contribution in [3.8, 4) is 0 Å². The summed E-state index contributed by atoms with van der Waals surface area (Å²) in [5, 5.41) is 8.73. The number of nitrogens with zero attached hydrogens (tertiary/aromatic N) is 2. The number of carboxylic acids is 1. The molecule has 1 aromatic rings. The Labute approximate surface area is 77.2 Å². The molecule has 1 unspecified atom stereocenters. The van der Waals surface area contributed by atoms with E-state index in [1.807, 2.05) is 13.8 Å². The molecule has 0 amide bonds. The third-order valence-corrected chi connectivity index (χ3v) is 2.02. The van der Waals surface area contributed by atoms with Crippen LogP contribution in [-0.2, 0) is 4.79 Å². The summed E-state index contributed by atoms with van der Waals surface area (Å²) in [6.07, 6.45) is 3.34. The van der Waals surface area contributed by atoms with Gasteiger partial charge in [-0.2, -0.15) is 0 Å². The molecule has 0 radical (unpaired) electrons. The summed E-state index contributed by atoms with van der Waals surface area (Å²) in [6.45, 7) is 5.68. The van der Waals surface area contributed by atoms with Crippen LogP contribution in [-0.4, -0.2) is 20.6 Å². The monoisotopic (exact) mass is 182 g/mol. The Bertz CT molecular complexity index is 304. The van der Waals surface area contributed by atoms with Crippen LogP contribution in [0.3, 0.4) is 0 Å². The van der Waals surface area contributed by atoms with Crippen molar-refractivity contribution in [3.05, 3.63) is 18.2 Å². The molecule has 1 N–H and O–H groups in total. The number of rotatable bonds is 3. The number of carboxylic acid groups (broad SMARTS) is 1. The van der Waals surface area contributed by atoms with Gasteiger partial charge in [-0.05, 0) is 12.8 Å². The maximum Gasteiger partial charge on any atom is 0.326 e. The van der Waals surface area contributed by atoms with E-state index in [-0.39, 0.29) is 0 Å². The van der Waals surface area contributed by atoms with E-state index in [1.54, 1.807) is 24.0 Å². The lowest BCUT2D eigenvalue weighted by Gasteiger charge is -2.06. The van der Waals surface area contributed by atoms with E-state index in [0.717, 1.165) is 5.69 Å². The van der Waals surface area contributed by atoms with Gasteiger partial charge in [0, 0.05) is 6.20 Å². The van der Waals surface area contributed by atoms with Crippen LogP contribution in [0.15, 0.2) is 12.5 Å². The van der Waals surface area contributed by atoms with E-state index in [0.29, 0.717) is 5.92 Å². The molecule has 0 fully saturated rings. The van der Waals surface area contributed by atoms with E-state index >= 15 is 0 Å². The molecule has 0 saturated carbocycles. The molecule has 0 spiro atoms. The van der Waals surface area contributed by atoms with Gasteiger partial charge >= 0.3 is 5.97 Å². The SMILES string of the molecule is CC(C)c1cn(C(C)C(=O)O)cn1. The molecule has 0 aliphatic rings. The normalized spacial score (nSPS) is 13.2. The summed E-state index contributed by atoms with van der Waals surface area (Å²) in [4.78, 5) is 14.7. The summed E-state index contributed by atoms with van der Waals surface area (Å²) < 4.78 is 1.61. The van der Waals surface area contributed by atoms with Gasteiger partial charge < -0.3 is 9.67 Å². The average molecular weight is 182 g/mol. The van der Waals surface area contributed by atoms with Crippen molar-refractivity contribution in [1.82, 2.24) is 9.55 Å². The first-order valence-corrected chi connectivity index (χ1v) is 4.28. The predicted molar refractivity (Wildman–Crippen MR) is 48.7 cm³/mol. The maximum atomic E-state index is 10.6. The topological polar surface area (TPSA) is 55.1 Å². The molecule has 1 aromatic heterocycles. The number of aliphatic carboxylic acids is 1. The van der Waals surface area contributed by atoms with Crippen LogP contribution in [0, 0.1) is 0 Å². The first-order valence-electron chi connectivity index (χ1n) is 4.28. The zero-order valence-electron chi connectivity index (χ0n) is 8.06. The van der Waals surface area contributed by atoms with Crippen LogP contribution in [0.5, 0.6) is 0 Å². The highest BCUT2D eigenvalue weighted by Crippen LogP contribution is 2.13. The van der Waals surface area contributed by atoms with Gasteiger partial charge in [0.1, 0.15) is 6.04 Å². The van der Waals surface area contributed by atoms with Gasteiger partial charge in [0.15, 0.2) is 0 Å². The highest BCUT2D eigenvalue weighted by Gasteiger charge is 2.13. The Balaban J connectivity index is 2.85. The number of hydrogen-bond donors (Lipinski definition) is 1. The Morgan fingerprint density at radius 3 is 2.54 bits per heavy atom. The van der Waals surface area contributed by atoms with Gasteiger partial charge in [-0.15, -0.1) is 0 Å². The quantitative estimate of drug-likeness (QED) is 0.773. The molecule has 0 aromatic carbocycles. The molecule has 0 aliphatic carbocycles. The van der Waals surface area contributed by atoms with Crippen molar-refractivity contribution < 1.29 is 9.90 Å². The van der Waals surface area contributed by atoms with Crippen LogP contribution in [0.1, 0.15) is 38.4 Å². The second-order valence-corrected chi connectivity index (χ2v) is 3.41. The summed E-state index contributed by atoms with van der Waals surface area (Å²) in [5.41, 5.74) is 0.924. The molecule has 13 heavy (non-hydrogen) atoms. The van der Waals surface area contributed by atoms with Gasteiger partial charge in [0.05, 0.1) is 12.0 Å². The molecule has 4 nitrogen and oxygen atoms in total. The number of aromatic nitrogens is 2. The lowest BCUT2D eigenvalue weighted by molar-refractivity contribution is -0.140. The molecular weight excluding hydrogens is 168 g/mol. The minimum Gasteiger partial charge on any atom is -0.480 e. The third-order valence-electron chi connectivity index (χ3n) is 2.02. The Morgan fingerprint density at radius 2 is 2.15 bits per heavy atom. The molecule has 1 heterocycles. The smallest absolute Gasteiger partial charge is 0.326 e. The largest absolute Gasteiger partial charge is 0.480 e. The maximum absolute atomic E-state index is 10.6. The molecule has 1 atom stereocenters. The van der Waals surface area contributed by atoms with Crippen LogP contribution >= 0.6 is 0 Å². The second kappa shape index (κ2) is 3.60. The van der Waals surface area contributed by atoms with Crippen molar-refractivity contribution in [2.75, 3.05) is 0 Å². The minimum absolute atomic E-state index is 0.335. The Morgan fingerprint density at radius 1 is 1.54 bits per heavy atom. The summed E-state index contributed by atoms with van der Waals surface area (Å²) in [7, 11) is 0. The summed E-state index contributed by atoms with van der Waals surface area (Å²) in [5.74, 6) is -0.505. The molecule has 72 valence electrons. The fourth-order valence-electron chi connectivity index (χ4n) is 0.990. The van der Waals surface area contributed by atoms with Crippen molar-refractivity contribution in [1.29, 1.82) is 0 Å². The first kappa shape index (κ1) is 9.77. The van der Waals surface area contributed by atoms with Crippen molar-refractivity contribution >= 4 is 5.97 Å². The standard InChI is InChI=1S/C9H14N2O2/c1-6(2)8-4-11(5-10-8)7(3)9(12)13/h4-7H,1-3H3,(H,12,13). The number of carbonyl (C=O) groups is 1. The van der Waals surface area contributed by atoms with E-state index < -0.39 is 12.0 Å². The van der Waals surface area contributed by atoms with Gasteiger partial charge in [-0.25, -0.2) is 9.78 Å². The van der Waals surface area contributed by atoms with Crippen LogP contribution < -0.4 is 0 Å². The van der Waals surface area contributed by atoms with Gasteiger partial charge in [0.2, 0.25) is 0 Å². The van der Waals surface area contributed by atoms with Crippen LogP contribution in [0.4, 0.5) is 0 Å². The predicted octanol–water partition coefficient (Wildman–Crippen LogP) is 1.65. The fraction of sp³-hybridized carbons (Fsp3) is 0.556. The average Bonchev–Trinajstić information content (AvgIpc) is 2.50. The third kappa shape index (κ3) is 2.08. The van der Waals surface area contributed by atoms with Crippen molar-refractivity contribution in [2.24, 2.45) is 0 Å². The lowest BCUT2D eigenvalue weighted by atomic mass is 10.1. The van der Waals surface area contributed by atoms with Crippen molar-refractivity contribution in [3.63, 3.8) is 0 Å². The first-order chi connectivity index (χ1) is 6.02. The lowest BCUT2D eigenvalue weighted by Crippen LogP contribution is -2.13. The van der Waals surface area contributed by atoms with E-state index in [4.69, 9.17) is 5.11 Å². The molecule has 0 bridgehead atoms. The van der Waals surface area contributed by atoms with E-state index in [2.05, 4.69) is 4.98 Å².